The van der Waals surface area contributed by atoms with Gasteiger partial charge in [0.2, 0.25) is 0 Å². The molecule has 0 saturated heterocycles. The molecule has 0 aliphatic carbocycles. The zero-order valence-electron chi connectivity index (χ0n) is 8.59. The van der Waals surface area contributed by atoms with Crippen molar-refractivity contribution in [3.8, 4) is 0 Å². The van der Waals surface area contributed by atoms with Crippen molar-refractivity contribution in [3.05, 3.63) is 0 Å². The molecule has 0 aromatic carbocycles. The van der Waals surface area contributed by atoms with Crippen LogP contribution >= 0.6 is 0 Å². The fourth-order valence-corrected chi connectivity index (χ4v) is 1.14. The molecule has 1 atom stereocenters. The maximum atomic E-state index is 11.5. The number of ketones is 1. The van der Waals surface area contributed by atoms with Gasteiger partial charge >= 0.3 is 0 Å². The van der Waals surface area contributed by atoms with Gasteiger partial charge in [0.1, 0.15) is 6.10 Å². The van der Waals surface area contributed by atoms with Gasteiger partial charge in [-0.05, 0) is 13.3 Å². The predicted molar refractivity (Wildman–Crippen MR) is 50.2 cm³/mol. The van der Waals surface area contributed by atoms with E-state index < -0.39 is 0 Å². The van der Waals surface area contributed by atoms with Crippen molar-refractivity contribution in [2.75, 3.05) is 6.61 Å². The average molecular weight is 172 g/mol. The lowest BCUT2D eigenvalue weighted by atomic mass is 10.0. The summed E-state index contributed by atoms with van der Waals surface area (Å²) < 4.78 is 5.36. The second-order valence-electron chi connectivity index (χ2n) is 3.29. The molecule has 0 bridgehead atoms. The summed E-state index contributed by atoms with van der Waals surface area (Å²) in [6.45, 7) is 8.47. The van der Waals surface area contributed by atoms with E-state index in [-0.39, 0.29) is 17.8 Å². The van der Waals surface area contributed by atoms with Crippen molar-refractivity contribution in [2.24, 2.45) is 5.92 Å². The van der Waals surface area contributed by atoms with Crippen LogP contribution in [0.1, 0.15) is 40.5 Å². The quantitative estimate of drug-likeness (QED) is 0.615. The highest BCUT2D eigenvalue weighted by atomic mass is 16.5. The standard InChI is InChI=1S/C10H20O2/c1-5-7-9(12-6-2)10(11)8(3)4/h8-9H,5-7H2,1-4H3. The molecular formula is C10H20O2. The number of hydrogen-bond donors (Lipinski definition) is 0. The Morgan fingerprint density at radius 3 is 2.25 bits per heavy atom. The topological polar surface area (TPSA) is 26.3 Å². The Balaban J connectivity index is 3.99. The lowest BCUT2D eigenvalue weighted by Gasteiger charge is -2.16. The van der Waals surface area contributed by atoms with Crippen molar-refractivity contribution < 1.29 is 9.53 Å². The Morgan fingerprint density at radius 1 is 1.33 bits per heavy atom. The van der Waals surface area contributed by atoms with Crippen LogP contribution in [0.5, 0.6) is 0 Å². The van der Waals surface area contributed by atoms with Gasteiger partial charge in [-0.25, -0.2) is 0 Å². The summed E-state index contributed by atoms with van der Waals surface area (Å²) >= 11 is 0. The van der Waals surface area contributed by atoms with E-state index in [1.165, 1.54) is 0 Å². The molecule has 0 saturated carbocycles. The smallest absolute Gasteiger partial charge is 0.164 e. The molecule has 0 aliphatic rings. The van der Waals surface area contributed by atoms with Crippen molar-refractivity contribution >= 4 is 5.78 Å². The summed E-state index contributed by atoms with van der Waals surface area (Å²) in [5.74, 6) is 0.326. The molecule has 2 heteroatoms. The zero-order chi connectivity index (χ0) is 9.56. The van der Waals surface area contributed by atoms with Gasteiger partial charge < -0.3 is 4.74 Å². The summed E-state index contributed by atoms with van der Waals surface area (Å²) in [5.41, 5.74) is 0. The SMILES string of the molecule is CCCC(OCC)C(=O)C(C)C. The number of hydrogen-bond acceptors (Lipinski definition) is 2. The third kappa shape index (κ3) is 3.86. The van der Waals surface area contributed by atoms with Gasteiger partial charge in [0.15, 0.2) is 5.78 Å². The van der Waals surface area contributed by atoms with E-state index in [0.29, 0.717) is 6.61 Å². The third-order valence-corrected chi connectivity index (χ3v) is 1.81. The molecule has 12 heavy (non-hydrogen) atoms. The highest BCUT2D eigenvalue weighted by Gasteiger charge is 2.19. The number of carbonyl (C=O) groups excluding carboxylic acids is 1. The van der Waals surface area contributed by atoms with Gasteiger partial charge in [-0.1, -0.05) is 27.2 Å². The van der Waals surface area contributed by atoms with E-state index in [2.05, 4.69) is 6.92 Å². The third-order valence-electron chi connectivity index (χ3n) is 1.81. The van der Waals surface area contributed by atoms with Crippen LogP contribution in [-0.4, -0.2) is 18.5 Å². The van der Waals surface area contributed by atoms with Gasteiger partial charge in [0.25, 0.3) is 0 Å². The van der Waals surface area contributed by atoms with Crippen LogP contribution < -0.4 is 0 Å². The van der Waals surface area contributed by atoms with Gasteiger partial charge in [-0.2, -0.15) is 0 Å². The Bertz CT molecular complexity index is 124. The first-order valence-electron chi connectivity index (χ1n) is 4.78. The molecule has 0 heterocycles. The number of ether oxygens (including phenoxy) is 1. The Hall–Kier alpha value is -0.370. The molecular weight excluding hydrogens is 152 g/mol. The summed E-state index contributed by atoms with van der Waals surface area (Å²) in [5, 5.41) is 0. The largest absolute Gasteiger partial charge is 0.371 e. The van der Waals surface area contributed by atoms with Crippen LogP contribution in [-0.2, 0) is 9.53 Å². The van der Waals surface area contributed by atoms with Crippen LogP contribution in [0, 0.1) is 5.92 Å². The Morgan fingerprint density at radius 2 is 1.92 bits per heavy atom. The summed E-state index contributed by atoms with van der Waals surface area (Å²) in [7, 11) is 0. The Labute approximate surface area is 75.3 Å². The first kappa shape index (κ1) is 11.6. The summed E-state index contributed by atoms with van der Waals surface area (Å²) in [6.07, 6.45) is 1.69. The highest BCUT2D eigenvalue weighted by Crippen LogP contribution is 2.09. The molecule has 72 valence electrons. The fourth-order valence-electron chi connectivity index (χ4n) is 1.14. The van der Waals surface area contributed by atoms with Crippen LogP contribution in [0.4, 0.5) is 0 Å². The molecule has 0 aromatic heterocycles. The van der Waals surface area contributed by atoms with E-state index in [4.69, 9.17) is 4.74 Å². The van der Waals surface area contributed by atoms with Gasteiger partial charge in [-0.3, -0.25) is 4.79 Å². The van der Waals surface area contributed by atoms with Crippen molar-refractivity contribution in [1.29, 1.82) is 0 Å². The van der Waals surface area contributed by atoms with Gasteiger partial charge in [0.05, 0.1) is 0 Å². The monoisotopic (exact) mass is 172 g/mol. The second kappa shape index (κ2) is 6.18. The first-order chi connectivity index (χ1) is 5.63. The number of carbonyl (C=O) groups is 1. The van der Waals surface area contributed by atoms with E-state index in [9.17, 15) is 4.79 Å². The normalized spacial score (nSPS) is 13.4. The summed E-state index contributed by atoms with van der Waals surface area (Å²) in [6, 6.07) is 0. The molecule has 2 nitrogen and oxygen atoms in total. The van der Waals surface area contributed by atoms with Crippen LogP contribution in [0.15, 0.2) is 0 Å². The van der Waals surface area contributed by atoms with Crippen molar-refractivity contribution in [1.82, 2.24) is 0 Å². The molecule has 0 aliphatic heterocycles. The van der Waals surface area contributed by atoms with Crippen molar-refractivity contribution in [3.63, 3.8) is 0 Å². The molecule has 0 fully saturated rings. The van der Waals surface area contributed by atoms with E-state index >= 15 is 0 Å². The van der Waals surface area contributed by atoms with E-state index in [1.807, 2.05) is 20.8 Å². The molecule has 1 unspecified atom stereocenters. The molecule has 0 N–H and O–H groups in total. The fraction of sp³-hybridized carbons (Fsp3) is 0.900. The zero-order valence-corrected chi connectivity index (χ0v) is 8.59. The number of Topliss-reactive ketones (excluding diaryl/α,β-unsaturated/α-hetero) is 1. The lowest BCUT2D eigenvalue weighted by Crippen LogP contribution is -2.28. The lowest BCUT2D eigenvalue weighted by molar-refractivity contribution is -0.133. The predicted octanol–water partition coefficient (Wildman–Crippen LogP) is 2.42. The Kier molecular flexibility index (Phi) is 5.99. The molecule has 0 aromatic rings. The van der Waals surface area contributed by atoms with Crippen LogP contribution in [0.25, 0.3) is 0 Å². The minimum Gasteiger partial charge on any atom is -0.371 e. The summed E-state index contributed by atoms with van der Waals surface area (Å²) in [4.78, 5) is 11.5. The van der Waals surface area contributed by atoms with Crippen LogP contribution in [0.2, 0.25) is 0 Å². The maximum absolute atomic E-state index is 11.5. The molecule has 0 radical (unpaired) electrons. The highest BCUT2D eigenvalue weighted by molar-refractivity contribution is 5.84. The number of rotatable bonds is 6. The first-order valence-corrected chi connectivity index (χ1v) is 4.78. The van der Waals surface area contributed by atoms with Gasteiger partial charge in [0, 0.05) is 12.5 Å². The van der Waals surface area contributed by atoms with Crippen LogP contribution in [0.3, 0.4) is 0 Å². The molecule has 0 spiro atoms. The van der Waals surface area contributed by atoms with Crippen molar-refractivity contribution in [2.45, 2.75) is 46.6 Å². The second-order valence-corrected chi connectivity index (χ2v) is 3.29. The minimum atomic E-state index is -0.167. The maximum Gasteiger partial charge on any atom is 0.164 e. The van der Waals surface area contributed by atoms with E-state index in [1.54, 1.807) is 0 Å². The van der Waals surface area contributed by atoms with Gasteiger partial charge in [-0.15, -0.1) is 0 Å². The van der Waals surface area contributed by atoms with E-state index in [0.717, 1.165) is 12.8 Å². The molecule has 0 rings (SSSR count). The average Bonchev–Trinajstić information content (AvgIpc) is 2.03. The molecule has 0 amide bonds. The minimum absolute atomic E-state index is 0.0908.